The van der Waals surface area contributed by atoms with Crippen molar-refractivity contribution in [3.8, 4) is 5.75 Å². The van der Waals surface area contributed by atoms with Gasteiger partial charge < -0.3 is 10.1 Å². The first-order chi connectivity index (χ1) is 9.51. The van der Waals surface area contributed by atoms with E-state index in [1.165, 1.54) is 7.11 Å². The molecule has 0 aliphatic heterocycles. The van der Waals surface area contributed by atoms with Crippen LogP contribution in [0.1, 0.15) is 10.4 Å². The molecule has 0 atom stereocenters. The molecule has 104 valence electrons. The maximum Gasteiger partial charge on any atom is 0.255 e. The van der Waals surface area contributed by atoms with Crippen LogP contribution in [0, 0.1) is 3.57 Å². The van der Waals surface area contributed by atoms with Crippen molar-refractivity contribution >= 4 is 61.7 Å². The van der Waals surface area contributed by atoms with Crippen LogP contribution in [0.25, 0.3) is 0 Å². The van der Waals surface area contributed by atoms with Crippen molar-refractivity contribution in [1.29, 1.82) is 0 Å². The molecule has 0 radical (unpaired) electrons. The van der Waals surface area contributed by atoms with E-state index in [0.717, 1.165) is 13.7 Å². The number of rotatable bonds is 3. The van der Waals surface area contributed by atoms with Gasteiger partial charge in [0.2, 0.25) is 0 Å². The Kier molecular flexibility index (Phi) is 5.29. The molecule has 1 N–H and O–H groups in total. The Bertz CT molecular complexity index is 664. The average Bonchev–Trinajstić information content (AvgIpc) is 2.41. The first-order valence-electron chi connectivity index (χ1n) is 5.61. The van der Waals surface area contributed by atoms with Gasteiger partial charge in [-0.05, 0) is 59.0 Å². The van der Waals surface area contributed by atoms with E-state index in [-0.39, 0.29) is 5.91 Å². The molecule has 0 saturated carbocycles. The molecule has 2 aromatic rings. The zero-order valence-electron chi connectivity index (χ0n) is 10.4. The minimum atomic E-state index is -0.213. The molecule has 0 aromatic heterocycles. The van der Waals surface area contributed by atoms with Crippen LogP contribution < -0.4 is 10.1 Å². The maximum atomic E-state index is 12.2. The highest BCUT2D eigenvalue weighted by molar-refractivity contribution is 14.1. The largest absolute Gasteiger partial charge is 0.495 e. The van der Waals surface area contributed by atoms with Gasteiger partial charge in [0.05, 0.1) is 17.8 Å². The van der Waals surface area contributed by atoms with Crippen molar-refractivity contribution in [3.63, 3.8) is 0 Å². The molecule has 0 bridgehead atoms. The second kappa shape index (κ2) is 6.78. The van der Waals surface area contributed by atoms with Crippen LogP contribution in [0.4, 0.5) is 5.69 Å². The van der Waals surface area contributed by atoms with Crippen molar-refractivity contribution in [2.45, 2.75) is 0 Å². The first kappa shape index (κ1) is 15.6. The fraction of sp³-hybridized carbons (Fsp3) is 0.0714. The van der Waals surface area contributed by atoms with Crippen LogP contribution in [0.2, 0.25) is 5.02 Å². The molecule has 0 aliphatic rings. The standard InChI is InChI=1S/C14H10BrClINO2/c1-20-13-5-2-8(6-10(13)16)14(19)18-12-4-3-9(15)7-11(12)17/h2-7H,1H3,(H,18,19). The van der Waals surface area contributed by atoms with E-state index in [4.69, 9.17) is 16.3 Å². The van der Waals surface area contributed by atoms with Crippen LogP contribution in [0.5, 0.6) is 5.75 Å². The van der Waals surface area contributed by atoms with E-state index in [2.05, 4.69) is 43.8 Å². The van der Waals surface area contributed by atoms with Gasteiger partial charge in [0, 0.05) is 13.6 Å². The van der Waals surface area contributed by atoms with Gasteiger partial charge in [0.1, 0.15) is 5.75 Å². The summed E-state index contributed by atoms with van der Waals surface area (Å²) in [7, 11) is 1.53. The molecule has 0 heterocycles. The van der Waals surface area contributed by atoms with E-state index in [0.29, 0.717) is 16.3 Å². The van der Waals surface area contributed by atoms with E-state index in [1.807, 2.05) is 18.2 Å². The Morgan fingerprint density at radius 2 is 2.05 bits per heavy atom. The number of hydrogen-bond acceptors (Lipinski definition) is 2. The van der Waals surface area contributed by atoms with Crippen molar-refractivity contribution in [2.75, 3.05) is 12.4 Å². The van der Waals surface area contributed by atoms with Gasteiger partial charge in [-0.3, -0.25) is 4.79 Å². The summed E-state index contributed by atoms with van der Waals surface area (Å²) in [5, 5.41) is 3.26. The van der Waals surface area contributed by atoms with Crippen molar-refractivity contribution < 1.29 is 9.53 Å². The molecule has 0 aliphatic carbocycles. The lowest BCUT2D eigenvalue weighted by molar-refractivity contribution is 0.102. The van der Waals surface area contributed by atoms with Gasteiger partial charge in [-0.15, -0.1) is 0 Å². The molecular formula is C14H10BrClINO2. The van der Waals surface area contributed by atoms with Crippen LogP contribution >= 0.6 is 50.1 Å². The summed E-state index contributed by atoms with van der Waals surface area (Å²) < 4.78 is 6.97. The number of ether oxygens (including phenoxy) is 1. The number of carbonyl (C=O) groups is 1. The quantitative estimate of drug-likeness (QED) is 0.649. The molecule has 1 amide bonds. The number of amides is 1. The number of benzene rings is 2. The highest BCUT2D eigenvalue weighted by atomic mass is 127. The Hall–Kier alpha value is -0.790. The van der Waals surface area contributed by atoms with Gasteiger partial charge in [-0.2, -0.15) is 0 Å². The van der Waals surface area contributed by atoms with Gasteiger partial charge in [0.15, 0.2) is 0 Å². The predicted octanol–water partition coefficient (Wildman–Crippen LogP) is 4.97. The van der Waals surface area contributed by atoms with Crippen molar-refractivity contribution in [2.24, 2.45) is 0 Å². The van der Waals surface area contributed by atoms with Crippen LogP contribution in [0.15, 0.2) is 40.9 Å². The first-order valence-corrected chi connectivity index (χ1v) is 7.86. The second-order valence-corrected chi connectivity index (χ2v) is 6.41. The van der Waals surface area contributed by atoms with Crippen LogP contribution in [0.3, 0.4) is 0 Å². The molecule has 0 unspecified atom stereocenters. The van der Waals surface area contributed by atoms with E-state index in [9.17, 15) is 4.79 Å². The molecular weight excluding hydrogens is 456 g/mol. The maximum absolute atomic E-state index is 12.2. The van der Waals surface area contributed by atoms with E-state index in [1.54, 1.807) is 18.2 Å². The number of nitrogens with one attached hydrogen (secondary N) is 1. The third-order valence-corrected chi connectivity index (χ3v) is 4.27. The van der Waals surface area contributed by atoms with Crippen molar-refractivity contribution in [1.82, 2.24) is 0 Å². The van der Waals surface area contributed by atoms with Crippen LogP contribution in [-0.4, -0.2) is 13.0 Å². The number of methoxy groups -OCH3 is 1. The molecule has 3 nitrogen and oxygen atoms in total. The monoisotopic (exact) mass is 465 g/mol. The lowest BCUT2D eigenvalue weighted by atomic mass is 10.2. The highest BCUT2D eigenvalue weighted by Gasteiger charge is 2.11. The van der Waals surface area contributed by atoms with Crippen LogP contribution in [-0.2, 0) is 0 Å². The van der Waals surface area contributed by atoms with E-state index < -0.39 is 0 Å². The van der Waals surface area contributed by atoms with Gasteiger partial charge in [-0.1, -0.05) is 27.5 Å². The zero-order chi connectivity index (χ0) is 14.7. The van der Waals surface area contributed by atoms with Gasteiger partial charge in [0.25, 0.3) is 5.91 Å². The van der Waals surface area contributed by atoms with Gasteiger partial charge >= 0.3 is 0 Å². The minimum Gasteiger partial charge on any atom is -0.495 e. The Labute approximate surface area is 143 Å². The SMILES string of the molecule is COc1ccc(C(=O)Nc2ccc(Br)cc2I)cc1Cl. The normalized spacial score (nSPS) is 10.2. The second-order valence-electron chi connectivity index (χ2n) is 3.93. The topological polar surface area (TPSA) is 38.3 Å². The summed E-state index contributed by atoms with van der Waals surface area (Å²) >= 11 is 11.6. The van der Waals surface area contributed by atoms with E-state index >= 15 is 0 Å². The zero-order valence-corrected chi connectivity index (χ0v) is 14.9. The Morgan fingerprint density at radius 3 is 2.65 bits per heavy atom. The number of anilines is 1. The molecule has 20 heavy (non-hydrogen) atoms. The molecule has 0 saturated heterocycles. The molecule has 2 aromatic carbocycles. The number of halogens is 3. The smallest absolute Gasteiger partial charge is 0.255 e. The third-order valence-electron chi connectivity index (χ3n) is 2.59. The van der Waals surface area contributed by atoms with Gasteiger partial charge in [-0.25, -0.2) is 0 Å². The third kappa shape index (κ3) is 3.65. The Balaban J connectivity index is 2.21. The summed E-state index contributed by atoms with van der Waals surface area (Å²) in [6.07, 6.45) is 0. The summed E-state index contributed by atoms with van der Waals surface area (Å²) in [5.41, 5.74) is 1.24. The molecule has 2 rings (SSSR count). The number of hydrogen-bond donors (Lipinski definition) is 1. The fourth-order valence-corrected chi connectivity index (χ4v) is 3.29. The molecule has 0 spiro atoms. The lowest BCUT2D eigenvalue weighted by Crippen LogP contribution is -2.12. The minimum absolute atomic E-state index is 0.213. The Morgan fingerprint density at radius 1 is 1.30 bits per heavy atom. The summed E-state index contributed by atoms with van der Waals surface area (Å²) in [6, 6.07) is 10.6. The molecule has 6 heteroatoms. The fourth-order valence-electron chi connectivity index (χ4n) is 1.59. The summed E-state index contributed by atoms with van der Waals surface area (Å²) in [6.45, 7) is 0. The lowest BCUT2D eigenvalue weighted by Gasteiger charge is -2.09. The number of carbonyl (C=O) groups excluding carboxylic acids is 1. The average molecular weight is 466 g/mol. The summed E-state index contributed by atoms with van der Waals surface area (Å²) in [5.74, 6) is 0.330. The predicted molar refractivity (Wildman–Crippen MR) is 92.8 cm³/mol. The summed E-state index contributed by atoms with van der Waals surface area (Å²) in [4.78, 5) is 12.2. The van der Waals surface area contributed by atoms with Crippen molar-refractivity contribution in [3.05, 3.63) is 55.0 Å². The molecule has 0 fully saturated rings. The highest BCUT2D eigenvalue weighted by Crippen LogP contribution is 2.26.